The maximum atomic E-state index is 6.42. The first-order valence-electron chi connectivity index (χ1n) is 7.69. The Bertz CT molecular complexity index is 468. The van der Waals surface area contributed by atoms with Gasteiger partial charge in [-0.05, 0) is 18.1 Å². The second-order valence-electron chi connectivity index (χ2n) is 7.47. The first-order valence-corrected chi connectivity index (χ1v) is 10.6. The van der Waals surface area contributed by atoms with Gasteiger partial charge in [-0.3, -0.25) is 4.68 Å². The Morgan fingerprint density at radius 3 is 2.76 bits per heavy atom. The standard InChI is InChI=1S/C15H29N3O2Si/c1-15(2,3)21(5,6)20-14-7-13(19-11-14)9-16-12-8-17-18(4)10-12/h8,10,13-14,16H,7,9,11H2,1-6H3/t13-,14-/m1/s1. The molecule has 0 spiro atoms. The van der Waals surface area contributed by atoms with Crippen LogP contribution in [-0.2, 0) is 16.2 Å². The molecule has 2 rings (SSSR count). The zero-order valence-electron chi connectivity index (χ0n) is 14.1. The zero-order valence-corrected chi connectivity index (χ0v) is 15.1. The van der Waals surface area contributed by atoms with Crippen LogP contribution in [-0.4, -0.2) is 43.5 Å². The van der Waals surface area contributed by atoms with E-state index in [1.165, 1.54) is 0 Å². The molecule has 1 aliphatic heterocycles. The van der Waals surface area contributed by atoms with Gasteiger partial charge in [0.2, 0.25) is 0 Å². The molecule has 1 aromatic rings. The lowest BCUT2D eigenvalue weighted by molar-refractivity contribution is 0.0971. The Labute approximate surface area is 129 Å². The van der Waals surface area contributed by atoms with Crippen molar-refractivity contribution in [2.24, 2.45) is 7.05 Å². The summed E-state index contributed by atoms with van der Waals surface area (Å²) in [5, 5.41) is 7.76. The number of aromatic nitrogens is 2. The molecule has 21 heavy (non-hydrogen) atoms. The third kappa shape index (κ3) is 4.31. The normalized spacial score (nSPS) is 23.5. The predicted octanol–water partition coefficient (Wildman–Crippen LogP) is 3.01. The van der Waals surface area contributed by atoms with Gasteiger partial charge in [0.15, 0.2) is 8.32 Å². The molecule has 0 bridgehead atoms. The molecule has 2 heterocycles. The minimum Gasteiger partial charge on any atom is -0.411 e. The van der Waals surface area contributed by atoms with Crippen molar-refractivity contribution < 1.29 is 9.16 Å². The van der Waals surface area contributed by atoms with Crippen molar-refractivity contribution in [3.8, 4) is 0 Å². The van der Waals surface area contributed by atoms with Crippen LogP contribution in [0, 0.1) is 0 Å². The molecule has 2 atom stereocenters. The van der Waals surface area contributed by atoms with Gasteiger partial charge in [0.05, 0.1) is 30.7 Å². The van der Waals surface area contributed by atoms with E-state index in [9.17, 15) is 0 Å². The number of nitrogens with zero attached hydrogens (tertiary/aromatic N) is 2. The maximum absolute atomic E-state index is 6.42. The molecule has 0 unspecified atom stereocenters. The average Bonchev–Trinajstić information content (AvgIpc) is 2.94. The number of ether oxygens (including phenoxy) is 1. The minimum absolute atomic E-state index is 0.222. The minimum atomic E-state index is -1.70. The number of hydrogen-bond donors (Lipinski definition) is 1. The molecule has 5 nitrogen and oxygen atoms in total. The van der Waals surface area contributed by atoms with Crippen LogP contribution >= 0.6 is 0 Å². The van der Waals surface area contributed by atoms with Crippen molar-refractivity contribution in [3.05, 3.63) is 12.4 Å². The van der Waals surface area contributed by atoms with E-state index in [4.69, 9.17) is 9.16 Å². The van der Waals surface area contributed by atoms with E-state index >= 15 is 0 Å². The monoisotopic (exact) mass is 311 g/mol. The molecule has 1 N–H and O–H groups in total. The van der Waals surface area contributed by atoms with Gasteiger partial charge in [0, 0.05) is 26.2 Å². The van der Waals surface area contributed by atoms with Crippen molar-refractivity contribution in [1.82, 2.24) is 9.78 Å². The van der Waals surface area contributed by atoms with Crippen LogP contribution in [0.15, 0.2) is 12.4 Å². The van der Waals surface area contributed by atoms with Gasteiger partial charge < -0.3 is 14.5 Å². The average molecular weight is 312 g/mol. The van der Waals surface area contributed by atoms with Gasteiger partial charge in [0.1, 0.15) is 0 Å². The molecule has 0 amide bonds. The van der Waals surface area contributed by atoms with E-state index in [1.54, 1.807) is 4.68 Å². The summed E-state index contributed by atoms with van der Waals surface area (Å²) in [6.45, 7) is 12.9. The maximum Gasteiger partial charge on any atom is 0.192 e. The fraction of sp³-hybridized carbons (Fsp3) is 0.800. The van der Waals surface area contributed by atoms with Crippen LogP contribution in [0.5, 0.6) is 0 Å². The molecule has 0 aromatic carbocycles. The summed E-state index contributed by atoms with van der Waals surface area (Å²) in [4.78, 5) is 0. The smallest absolute Gasteiger partial charge is 0.192 e. The zero-order chi connectivity index (χ0) is 15.7. The number of hydrogen-bond acceptors (Lipinski definition) is 4. The van der Waals surface area contributed by atoms with Crippen molar-refractivity contribution in [2.75, 3.05) is 18.5 Å². The van der Waals surface area contributed by atoms with Crippen LogP contribution in [0.2, 0.25) is 18.1 Å². The Morgan fingerprint density at radius 1 is 1.48 bits per heavy atom. The molecule has 0 saturated carbocycles. The highest BCUT2D eigenvalue weighted by atomic mass is 28.4. The van der Waals surface area contributed by atoms with Gasteiger partial charge in [-0.1, -0.05) is 20.8 Å². The molecule has 1 saturated heterocycles. The number of aryl methyl sites for hydroxylation is 1. The summed E-state index contributed by atoms with van der Waals surface area (Å²) in [7, 11) is 0.220. The van der Waals surface area contributed by atoms with Gasteiger partial charge in [-0.15, -0.1) is 0 Å². The third-order valence-electron chi connectivity index (χ3n) is 4.55. The Hall–Kier alpha value is -0.853. The first-order chi connectivity index (χ1) is 9.67. The summed E-state index contributed by atoms with van der Waals surface area (Å²) in [5.74, 6) is 0. The summed E-state index contributed by atoms with van der Waals surface area (Å²) in [5.41, 5.74) is 1.04. The van der Waals surface area contributed by atoms with Crippen LogP contribution < -0.4 is 5.32 Å². The Balaban J connectivity index is 1.78. The lowest BCUT2D eigenvalue weighted by Gasteiger charge is -2.38. The second kappa shape index (κ2) is 6.10. The topological polar surface area (TPSA) is 48.3 Å². The fourth-order valence-electron chi connectivity index (χ4n) is 2.23. The van der Waals surface area contributed by atoms with E-state index in [1.807, 2.05) is 19.4 Å². The SMILES string of the molecule is Cn1cc(NC[C@H]2C[C@@H](O[Si](C)(C)C(C)(C)C)CO2)cn1. The van der Waals surface area contributed by atoms with E-state index in [0.29, 0.717) is 6.61 Å². The number of nitrogens with one attached hydrogen (secondary N) is 1. The summed E-state index contributed by atoms with van der Waals surface area (Å²) in [6.07, 6.45) is 5.24. The van der Waals surface area contributed by atoms with Gasteiger partial charge >= 0.3 is 0 Å². The highest BCUT2D eigenvalue weighted by Gasteiger charge is 2.41. The summed E-state index contributed by atoms with van der Waals surface area (Å²) in [6, 6.07) is 0. The molecular formula is C15H29N3O2Si. The summed E-state index contributed by atoms with van der Waals surface area (Å²) >= 11 is 0. The van der Waals surface area contributed by atoms with Crippen molar-refractivity contribution in [2.45, 2.75) is 57.5 Å². The van der Waals surface area contributed by atoms with Gasteiger partial charge in [-0.25, -0.2) is 0 Å². The van der Waals surface area contributed by atoms with Gasteiger partial charge in [-0.2, -0.15) is 5.10 Å². The lowest BCUT2D eigenvalue weighted by atomic mass is 10.2. The molecule has 1 fully saturated rings. The van der Waals surface area contributed by atoms with Crippen LogP contribution in [0.25, 0.3) is 0 Å². The summed E-state index contributed by atoms with van der Waals surface area (Å²) < 4.78 is 14.1. The largest absolute Gasteiger partial charge is 0.411 e. The third-order valence-corrected chi connectivity index (χ3v) is 9.08. The number of anilines is 1. The number of rotatable bonds is 5. The van der Waals surface area contributed by atoms with Crippen molar-refractivity contribution >= 4 is 14.0 Å². The molecule has 0 aliphatic carbocycles. The highest BCUT2D eigenvalue weighted by Crippen LogP contribution is 2.38. The van der Waals surface area contributed by atoms with Crippen molar-refractivity contribution in [3.63, 3.8) is 0 Å². The van der Waals surface area contributed by atoms with Gasteiger partial charge in [0.25, 0.3) is 0 Å². The molecular weight excluding hydrogens is 282 g/mol. The van der Waals surface area contributed by atoms with E-state index < -0.39 is 8.32 Å². The second-order valence-corrected chi connectivity index (χ2v) is 12.2. The highest BCUT2D eigenvalue weighted by molar-refractivity contribution is 6.74. The quantitative estimate of drug-likeness (QED) is 0.849. The van der Waals surface area contributed by atoms with Crippen LogP contribution in [0.4, 0.5) is 5.69 Å². The first kappa shape index (κ1) is 16.5. The molecule has 120 valence electrons. The Kier molecular flexibility index (Phi) is 4.80. The van der Waals surface area contributed by atoms with E-state index in [2.05, 4.69) is 44.3 Å². The van der Waals surface area contributed by atoms with Crippen LogP contribution in [0.1, 0.15) is 27.2 Å². The Morgan fingerprint density at radius 2 is 2.19 bits per heavy atom. The molecule has 1 aliphatic rings. The molecule has 1 aromatic heterocycles. The molecule has 6 heteroatoms. The fourth-order valence-corrected chi connectivity index (χ4v) is 3.59. The van der Waals surface area contributed by atoms with E-state index in [-0.39, 0.29) is 17.2 Å². The van der Waals surface area contributed by atoms with E-state index in [0.717, 1.165) is 18.7 Å². The predicted molar refractivity (Wildman–Crippen MR) is 88.1 cm³/mol. The molecule has 0 radical (unpaired) electrons. The van der Waals surface area contributed by atoms with Crippen LogP contribution in [0.3, 0.4) is 0 Å². The van der Waals surface area contributed by atoms with Crippen molar-refractivity contribution in [1.29, 1.82) is 0 Å². The lowest BCUT2D eigenvalue weighted by Crippen LogP contribution is -2.44.